The SMILES string of the molecule is Cn1c(=O)c2c(nc(OC3CCN(C(=O)C4CC4)CC3)n2CCC(C)(C)C)n(C)c1=O. The number of carbonyl (C=O) groups is 1. The fraction of sp³-hybridized carbons (Fsp3) is 0.727. The maximum Gasteiger partial charge on any atom is 0.332 e. The van der Waals surface area contributed by atoms with Gasteiger partial charge in [0.05, 0.1) is 0 Å². The first-order chi connectivity index (χ1) is 14.6. The van der Waals surface area contributed by atoms with Crippen LogP contribution in [0.1, 0.15) is 52.9 Å². The summed E-state index contributed by atoms with van der Waals surface area (Å²) in [5, 5.41) is 0. The van der Waals surface area contributed by atoms with Crippen molar-refractivity contribution in [3.63, 3.8) is 0 Å². The molecule has 9 nitrogen and oxygen atoms in total. The number of carbonyl (C=O) groups excluding carboxylic acids is 1. The molecule has 1 saturated carbocycles. The van der Waals surface area contributed by atoms with E-state index >= 15 is 0 Å². The smallest absolute Gasteiger partial charge is 0.332 e. The van der Waals surface area contributed by atoms with Gasteiger partial charge in [-0.1, -0.05) is 20.8 Å². The van der Waals surface area contributed by atoms with Crippen LogP contribution in [0.4, 0.5) is 0 Å². The molecular formula is C22H33N5O4. The van der Waals surface area contributed by atoms with E-state index in [-0.39, 0.29) is 28.9 Å². The number of aromatic nitrogens is 4. The van der Waals surface area contributed by atoms with Crippen LogP contribution < -0.4 is 16.0 Å². The molecule has 0 unspecified atom stereocenters. The Hall–Kier alpha value is -2.58. The van der Waals surface area contributed by atoms with Crippen molar-refractivity contribution in [2.75, 3.05) is 13.1 Å². The summed E-state index contributed by atoms with van der Waals surface area (Å²) < 4.78 is 10.6. The number of piperidine rings is 1. The van der Waals surface area contributed by atoms with Crippen molar-refractivity contribution in [1.82, 2.24) is 23.6 Å². The molecule has 2 aliphatic rings. The summed E-state index contributed by atoms with van der Waals surface area (Å²) in [6, 6.07) is 0.379. The Kier molecular flexibility index (Phi) is 5.47. The summed E-state index contributed by atoms with van der Waals surface area (Å²) in [7, 11) is 3.11. The molecule has 4 rings (SSSR count). The Labute approximate surface area is 181 Å². The van der Waals surface area contributed by atoms with Crippen molar-refractivity contribution in [3.05, 3.63) is 20.8 Å². The van der Waals surface area contributed by atoms with E-state index < -0.39 is 5.69 Å². The van der Waals surface area contributed by atoms with E-state index in [0.717, 1.165) is 36.7 Å². The highest BCUT2D eigenvalue weighted by atomic mass is 16.5. The van der Waals surface area contributed by atoms with E-state index in [1.54, 1.807) is 7.05 Å². The predicted octanol–water partition coefficient (Wildman–Crippen LogP) is 1.65. The van der Waals surface area contributed by atoms with Gasteiger partial charge in [-0.15, -0.1) is 0 Å². The molecule has 170 valence electrons. The minimum absolute atomic E-state index is 0.0638. The van der Waals surface area contributed by atoms with E-state index in [0.29, 0.717) is 36.8 Å². The maximum absolute atomic E-state index is 12.9. The minimum Gasteiger partial charge on any atom is -0.461 e. The molecule has 31 heavy (non-hydrogen) atoms. The lowest BCUT2D eigenvalue weighted by Gasteiger charge is -2.32. The van der Waals surface area contributed by atoms with Crippen LogP contribution in [-0.4, -0.2) is 48.7 Å². The molecule has 2 fully saturated rings. The topological polar surface area (TPSA) is 91.4 Å². The molecule has 1 aliphatic heterocycles. The fourth-order valence-electron chi connectivity index (χ4n) is 4.10. The van der Waals surface area contributed by atoms with Crippen LogP contribution in [0.25, 0.3) is 11.2 Å². The zero-order valence-electron chi connectivity index (χ0n) is 19.2. The Balaban J connectivity index is 1.62. The zero-order chi connectivity index (χ0) is 22.5. The third kappa shape index (κ3) is 4.27. The highest BCUT2D eigenvalue weighted by Crippen LogP contribution is 2.32. The monoisotopic (exact) mass is 431 g/mol. The van der Waals surface area contributed by atoms with Gasteiger partial charge < -0.3 is 9.64 Å². The first-order valence-corrected chi connectivity index (χ1v) is 11.2. The second-order valence-electron chi connectivity index (χ2n) is 10.2. The highest BCUT2D eigenvalue weighted by molar-refractivity contribution is 5.81. The largest absolute Gasteiger partial charge is 0.461 e. The molecule has 2 aromatic rings. The molecule has 1 aliphatic carbocycles. The minimum atomic E-state index is -0.406. The van der Waals surface area contributed by atoms with Crippen molar-refractivity contribution in [3.8, 4) is 6.01 Å². The number of imidazole rings is 1. The Bertz CT molecular complexity index is 1110. The molecule has 0 spiro atoms. The van der Waals surface area contributed by atoms with Crippen LogP contribution in [0, 0.1) is 11.3 Å². The molecule has 0 N–H and O–H groups in total. The van der Waals surface area contributed by atoms with E-state index in [2.05, 4.69) is 25.8 Å². The van der Waals surface area contributed by atoms with Crippen LogP contribution in [-0.2, 0) is 25.4 Å². The van der Waals surface area contributed by atoms with Gasteiger partial charge in [0.1, 0.15) is 6.10 Å². The standard InChI is InChI=1S/C22H33N5O4/c1-22(2,3)10-13-27-16-17(24(4)21(30)25(5)19(16)29)23-20(27)31-15-8-11-26(12-9-15)18(28)14-6-7-14/h14-15H,6-13H2,1-5H3. The summed E-state index contributed by atoms with van der Waals surface area (Å²) >= 11 is 0. The van der Waals surface area contributed by atoms with Gasteiger partial charge in [0.25, 0.3) is 11.6 Å². The lowest BCUT2D eigenvalue weighted by atomic mass is 9.92. The van der Waals surface area contributed by atoms with Gasteiger partial charge in [0, 0.05) is 52.5 Å². The number of ether oxygens (including phenoxy) is 1. The van der Waals surface area contributed by atoms with Gasteiger partial charge >= 0.3 is 5.69 Å². The molecule has 2 aromatic heterocycles. The number of amides is 1. The maximum atomic E-state index is 12.9. The van der Waals surface area contributed by atoms with Crippen LogP contribution in [0.3, 0.4) is 0 Å². The van der Waals surface area contributed by atoms with Crippen LogP contribution in [0.5, 0.6) is 6.01 Å². The molecule has 1 saturated heterocycles. The molecular weight excluding hydrogens is 398 g/mol. The Morgan fingerprint density at radius 1 is 1.06 bits per heavy atom. The van der Waals surface area contributed by atoms with E-state index in [1.807, 2.05) is 9.47 Å². The van der Waals surface area contributed by atoms with Gasteiger partial charge in [-0.3, -0.25) is 23.3 Å². The third-order valence-electron chi connectivity index (χ3n) is 6.35. The van der Waals surface area contributed by atoms with Gasteiger partial charge in [-0.05, 0) is 24.7 Å². The zero-order valence-corrected chi connectivity index (χ0v) is 19.2. The van der Waals surface area contributed by atoms with Crippen molar-refractivity contribution in [2.24, 2.45) is 25.4 Å². The molecule has 1 amide bonds. The fourth-order valence-corrected chi connectivity index (χ4v) is 4.10. The van der Waals surface area contributed by atoms with Crippen LogP contribution in [0.15, 0.2) is 9.59 Å². The van der Waals surface area contributed by atoms with Crippen molar-refractivity contribution in [1.29, 1.82) is 0 Å². The molecule has 0 atom stereocenters. The Morgan fingerprint density at radius 2 is 1.71 bits per heavy atom. The Morgan fingerprint density at radius 3 is 2.29 bits per heavy atom. The normalized spacial score (nSPS) is 18.0. The van der Waals surface area contributed by atoms with Gasteiger partial charge in [0.2, 0.25) is 5.91 Å². The molecule has 3 heterocycles. The number of aryl methyl sites for hydroxylation is 2. The summed E-state index contributed by atoms with van der Waals surface area (Å²) in [6.45, 7) is 8.38. The number of rotatable bonds is 5. The lowest BCUT2D eigenvalue weighted by Crippen LogP contribution is -2.42. The van der Waals surface area contributed by atoms with Gasteiger partial charge in [0.15, 0.2) is 11.2 Å². The first kappa shape index (κ1) is 21.6. The number of likely N-dealkylation sites (tertiary alicyclic amines) is 1. The predicted molar refractivity (Wildman–Crippen MR) is 117 cm³/mol. The number of nitrogens with zero attached hydrogens (tertiary/aromatic N) is 5. The number of hydrogen-bond acceptors (Lipinski definition) is 5. The molecule has 0 radical (unpaired) electrons. The average Bonchev–Trinajstić information content (AvgIpc) is 3.51. The quantitative estimate of drug-likeness (QED) is 0.718. The summed E-state index contributed by atoms with van der Waals surface area (Å²) in [4.78, 5) is 44.1. The van der Waals surface area contributed by atoms with E-state index in [1.165, 1.54) is 11.6 Å². The summed E-state index contributed by atoms with van der Waals surface area (Å²) in [5.74, 6) is 0.505. The van der Waals surface area contributed by atoms with Crippen molar-refractivity contribution >= 4 is 17.1 Å². The van der Waals surface area contributed by atoms with Crippen molar-refractivity contribution < 1.29 is 9.53 Å². The third-order valence-corrected chi connectivity index (χ3v) is 6.35. The first-order valence-electron chi connectivity index (χ1n) is 11.2. The number of fused-ring (bicyclic) bond motifs is 1. The number of hydrogen-bond donors (Lipinski definition) is 0. The van der Waals surface area contributed by atoms with Crippen LogP contribution >= 0.6 is 0 Å². The highest BCUT2D eigenvalue weighted by Gasteiger charge is 2.35. The molecule has 9 heteroatoms. The second-order valence-corrected chi connectivity index (χ2v) is 10.2. The van der Waals surface area contributed by atoms with E-state index in [4.69, 9.17) is 4.74 Å². The van der Waals surface area contributed by atoms with E-state index in [9.17, 15) is 14.4 Å². The van der Waals surface area contributed by atoms with Crippen molar-refractivity contribution in [2.45, 2.75) is 65.5 Å². The summed E-state index contributed by atoms with van der Waals surface area (Å²) in [6.07, 6.45) is 4.25. The molecule has 0 aromatic carbocycles. The summed E-state index contributed by atoms with van der Waals surface area (Å²) in [5.41, 5.74) is 0.0352. The molecule has 0 bridgehead atoms. The van der Waals surface area contributed by atoms with Gasteiger partial charge in [-0.2, -0.15) is 4.98 Å². The second kappa shape index (κ2) is 7.84. The lowest BCUT2D eigenvalue weighted by molar-refractivity contribution is -0.134. The van der Waals surface area contributed by atoms with Gasteiger partial charge in [-0.25, -0.2) is 4.79 Å². The average molecular weight is 432 g/mol. The van der Waals surface area contributed by atoms with Crippen LogP contribution in [0.2, 0.25) is 0 Å².